The molecule has 0 saturated carbocycles. The van der Waals surface area contributed by atoms with Crippen molar-refractivity contribution in [3.05, 3.63) is 39.6 Å². The van der Waals surface area contributed by atoms with Crippen LogP contribution >= 0.6 is 11.3 Å². The van der Waals surface area contributed by atoms with E-state index < -0.39 is 10.0 Å². The lowest BCUT2D eigenvalue weighted by molar-refractivity contribution is 0.601. The molecule has 4 nitrogen and oxygen atoms in total. The van der Waals surface area contributed by atoms with Crippen LogP contribution in [0, 0.1) is 13.8 Å². The number of sulfonamides is 1. The van der Waals surface area contributed by atoms with Gasteiger partial charge >= 0.3 is 0 Å². The third-order valence-corrected chi connectivity index (χ3v) is 6.18. The predicted molar refractivity (Wildman–Crippen MR) is 87.9 cm³/mol. The first-order valence-electron chi connectivity index (χ1n) is 6.92. The van der Waals surface area contributed by atoms with Crippen LogP contribution in [0.1, 0.15) is 21.7 Å². The van der Waals surface area contributed by atoms with Gasteiger partial charge in [0.15, 0.2) is 0 Å². The molecule has 0 amide bonds. The summed E-state index contributed by atoms with van der Waals surface area (Å²) in [6.07, 6.45) is 2.06. The molecule has 112 valence electrons. The third kappa shape index (κ3) is 2.91. The zero-order valence-corrected chi connectivity index (χ0v) is 13.7. The molecule has 0 radical (unpaired) electrons. The number of anilines is 2. The third-order valence-electron chi connectivity index (χ3n) is 3.58. The number of benzene rings is 1. The van der Waals surface area contributed by atoms with Crippen molar-refractivity contribution in [2.75, 3.05) is 16.6 Å². The summed E-state index contributed by atoms with van der Waals surface area (Å²) in [5.41, 5.74) is 2.90. The van der Waals surface area contributed by atoms with Crippen LogP contribution in [-0.4, -0.2) is 15.0 Å². The molecule has 0 unspecified atom stereocenters. The van der Waals surface area contributed by atoms with Crippen LogP contribution in [0.25, 0.3) is 0 Å². The molecule has 21 heavy (non-hydrogen) atoms. The van der Waals surface area contributed by atoms with Gasteiger partial charge in [-0.1, -0.05) is 0 Å². The fourth-order valence-electron chi connectivity index (χ4n) is 2.62. The van der Waals surface area contributed by atoms with Gasteiger partial charge in [-0.15, -0.1) is 11.3 Å². The number of aryl methyl sites for hydroxylation is 3. The van der Waals surface area contributed by atoms with Crippen molar-refractivity contribution < 1.29 is 8.42 Å². The maximum Gasteiger partial charge on any atom is 0.262 e. The summed E-state index contributed by atoms with van der Waals surface area (Å²) in [7, 11) is -3.51. The van der Waals surface area contributed by atoms with Crippen LogP contribution in [0.4, 0.5) is 11.4 Å². The maximum atomic E-state index is 12.5. The Morgan fingerprint density at radius 1 is 1.24 bits per heavy atom. The highest BCUT2D eigenvalue weighted by Gasteiger charge is 2.20. The molecule has 0 bridgehead atoms. The van der Waals surface area contributed by atoms with Gasteiger partial charge in [0.2, 0.25) is 0 Å². The molecule has 1 aromatic heterocycles. The van der Waals surface area contributed by atoms with Crippen molar-refractivity contribution in [2.24, 2.45) is 0 Å². The summed E-state index contributed by atoms with van der Waals surface area (Å²) in [5, 5.41) is 3.32. The summed E-state index contributed by atoms with van der Waals surface area (Å²) in [5.74, 6) is 0. The fourth-order valence-corrected chi connectivity index (χ4v) is 5.23. The fraction of sp³-hybridized carbons (Fsp3) is 0.333. The molecule has 1 aliphatic rings. The van der Waals surface area contributed by atoms with E-state index in [0.717, 1.165) is 34.8 Å². The number of nitrogens with one attached hydrogen (secondary N) is 2. The molecular formula is C15H18N2O2S2. The highest BCUT2D eigenvalue weighted by molar-refractivity contribution is 7.93. The van der Waals surface area contributed by atoms with Crippen molar-refractivity contribution in [1.82, 2.24) is 0 Å². The molecule has 2 N–H and O–H groups in total. The number of thiophene rings is 1. The zero-order valence-electron chi connectivity index (χ0n) is 12.1. The summed E-state index contributed by atoms with van der Waals surface area (Å²) in [6, 6.07) is 7.40. The largest absolute Gasteiger partial charge is 0.385 e. The molecule has 0 atom stereocenters. The Balaban J connectivity index is 1.90. The van der Waals surface area contributed by atoms with E-state index in [0.29, 0.717) is 10.6 Å². The van der Waals surface area contributed by atoms with Gasteiger partial charge in [-0.05, 0) is 56.5 Å². The SMILES string of the molecule is Cc1cc(S(=O)(=O)Nc2ccc3c(c2)CCCN3)c(C)s1. The van der Waals surface area contributed by atoms with Gasteiger partial charge < -0.3 is 5.32 Å². The van der Waals surface area contributed by atoms with Crippen LogP contribution in [0.5, 0.6) is 0 Å². The first-order chi connectivity index (χ1) is 9.95. The average molecular weight is 322 g/mol. The summed E-state index contributed by atoms with van der Waals surface area (Å²) < 4.78 is 27.7. The Bertz CT molecular complexity index is 779. The number of hydrogen-bond donors (Lipinski definition) is 2. The second-order valence-electron chi connectivity index (χ2n) is 5.29. The minimum atomic E-state index is -3.51. The average Bonchev–Trinajstić information content (AvgIpc) is 2.78. The van der Waals surface area contributed by atoms with E-state index in [1.54, 1.807) is 6.07 Å². The second kappa shape index (κ2) is 5.35. The van der Waals surface area contributed by atoms with Gasteiger partial charge in [-0.25, -0.2) is 8.42 Å². The number of hydrogen-bond acceptors (Lipinski definition) is 4. The topological polar surface area (TPSA) is 58.2 Å². The Kier molecular flexibility index (Phi) is 3.67. The van der Waals surface area contributed by atoms with E-state index in [2.05, 4.69) is 10.0 Å². The lowest BCUT2D eigenvalue weighted by Crippen LogP contribution is -2.15. The Morgan fingerprint density at radius 3 is 2.76 bits per heavy atom. The van der Waals surface area contributed by atoms with E-state index in [1.165, 1.54) is 16.9 Å². The van der Waals surface area contributed by atoms with Crippen molar-refractivity contribution >= 4 is 32.7 Å². The van der Waals surface area contributed by atoms with Crippen LogP contribution < -0.4 is 10.0 Å². The van der Waals surface area contributed by atoms with Crippen LogP contribution in [-0.2, 0) is 16.4 Å². The molecule has 2 aromatic rings. The minimum Gasteiger partial charge on any atom is -0.385 e. The first-order valence-corrected chi connectivity index (χ1v) is 9.22. The minimum absolute atomic E-state index is 0.376. The summed E-state index contributed by atoms with van der Waals surface area (Å²) >= 11 is 1.50. The van der Waals surface area contributed by atoms with Crippen molar-refractivity contribution in [1.29, 1.82) is 0 Å². The smallest absolute Gasteiger partial charge is 0.262 e. The molecular weight excluding hydrogens is 304 g/mol. The summed E-state index contributed by atoms with van der Waals surface area (Å²) in [4.78, 5) is 2.20. The first kappa shape index (κ1) is 14.4. The zero-order chi connectivity index (χ0) is 15.0. The van der Waals surface area contributed by atoms with E-state index in [-0.39, 0.29) is 0 Å². The summed E-state index contributed by atoms with van der Waals surface area (Å²) in [6.45, 7) is 4.73. The molecule has 3 rings (SSSR count). The van der Waals surface area contributed by atoms with Crippen molar-refractivity contribution in [3.8, 4) is 0 Å². The lowest BCUT2D eigenvalue weighted by Gasteiger charge is -2.19. The van der Waals surface area contributed by atoms with Gasteiger partial charge in [0.05, 0.1) is 0 Å². The highest BCUT2D eigenvalue weighted by atomic mass is 32.2. The molecule has 1 aromatic carbocycles. The Morgan fingerprint density at radius 2 is 2.05 bits per heavy atom. The molecule has 1 aliphatic heterocycles. The van der Waals surface area contributed by atoms with Gasteiger partial charge in [-0.3, -0.25) is 4.72 Å². The van der Waals surface area contributed by atoms with Gasteiger partial charge in [0.25, 0.3) is 10.0 Å². The maximum absolute atomic E-state index is 12.5. The van der Waals surface area contributed by atoms with Crippen molar-refractivity contribution in [2.45, 2.75) is 31.6 Å². The van der Waals surface area contributed by atoms with Gasteiger partial charge in [0, 0.05) is 27.7 Å². The van der Waals surface area contributed by atoms with Gasteiger partial charge in [-0.2, -0.15) is 0 Å². The van der Waals surface area contributed by atoms with E-state index >= 15 is 0 Å². The Hall–Kier alpha value is -1.53. The van der Waals surface area contributed by atoms with Crippen LogP contribution in [0.3, 0.4) is 0 Å². The molecule has 0 aliphatic carbocycles. The quantitative estimate of drug-likeness (QED) is 0.909. The second-order valence-corrected chi connectivity index (χ2v) is 8.40. The lowest BCUT2D eigenvalue weighted by atomic mass is 10.0. The Labute approximate surface area is 129 Å². The van der Waals surface area contributed by atoms with Gasteiger partial charge in [0.1, 0.15) is 4.90 Å². The normalized spacial score (nSPS) is 14.4. The van der Waals surface area contributed by atoms with Crippen molar-refractivity contribution in [3.63, 3.8) is 0 Å². The van der Waals surface area contributed by atoms with E-state index in [9.17, 15) is 8.42 Å². The molecule has 0 spiro atoms. The number of rotatable bonds is 3. The molecule has 0 saturated heterocycles. The van der Waals surface area contributed by atoms with Crippen LogP contribution in [0.15, 0.2) is 29.2 Å². The standard InChI is InChI=1S/C15H18N2O2S2/c1-10-8-15(11(2)20-10)21(18,19)17-13-5-6-14-12(9-13)4-3-7-16-14/h5-6,8-9,16-17H,3-4,7H2,1-2H3. The van der Waals surface area contributed by atoms with E-state index in [4.69, 9.17) is 0 Å². The van der Waals surface area contributed by atoms with E-state index in [1.807, 2.05) is 32.0 Å². The monoisotopic (exact) mass is 322 g/mol. The molecule has 2 heterocycles. The predicted octanol–water partition coefficient (Wildman–Crippen LogP) is 3.52. The molecule has 6 heteroatoms. The number of fused-ring (bicyclic) bond motifs is 1. The van der Waals surface area contributed by atoms with Crippen LogP contribution in [0.2, 0.25) is 0 Å². The molecule has 0 fully saturated rings. The highest BCUT2D eigenvalue weighted by Crippen LogP contribution is 2.29.